The lowest BCUT2D eigenvalue weighted by atomic mass is 9.88. The van der Waals surface area contributed by atoms with E-state index in [1.54, 1.807) is 0 Å². The van der Waals surface area contributed by atoms with Gasteiger partial charge in [-0.1, -0.05) is 0 Å². The molecule has 2 aliphatic rings. The summed E-state index contributed by atoms with van der Waals surface area (Å²) in [6, 6.07) is 0. The number of rotatable bonds is 2. The van der Waals surface area contributed by atoms with E-state index >= 15 is 0 Å². The van der Waals surface area contributed by atoms with Crippen LogP contribution in [0.2, 0.25) is 0 Å². The van der Waals surface area contributed by atoms with Crippen LogP contribution in [0, 0.1) is 0 Å². The van der Waals surface area contributed by atoms with Crippen LogP contribution in [0.4, 0.5) is 0 Å². The average molecular weight is 198 g/mol. The fourth-order valence-electron chi connectivity index (χ4n) is 2.03. The molecule has 80 valence electrons. The quantitative estimate of drug-likeness (QED) is 0.642. The molecule has 2 rings (SSSR count). The Morgan fingerprint density at radius 1 is 1.36 bits per heavy atom. The third kappa shape index (κ3) is 2.07. The molecule has 4 heteroatoms. The Hall–Kier alpha value is -0.610. The van der Waals surface area contributed by atoms with Gasteiger partial charge in [-0.2, -0.15) is 0 Å². The molecule has 14 heavy (non-hydrogen) atoms. The van der Waals surface area contributed by atoms with Crippen molar-refractivity contribution in [2.24, 2.45) is 0 Å². The number of hydrogen-bond donors (Lipinski definition) is 2. The molecule has 4 nitrogen and oxygen atoms in total. The maximum atomic E-state index is 11.6. The van der Waals surface area contributed by atoms with Crippen LogP contribution in [-0.2, 0) is 4.79 Å². The Labute approximate surface area is 84.3 Å². The molecule has 2 aliphatic heterocycles. The lowest BCUT2D eigenvalue weighted by molar-refractivity contribution is -0.140. The van der Waals surface area contributed by atoms with Gasteiger partial charge in [0.2, 0.25) is 5.91 Å². The van der Waals surface area contributed by atoms with Crippen LogP contribution in [0.25, 0.3) is 0 Å². The number of piperidine rings is 1. The summed E-state index contributed by atoms with van der Waals surface area (Å²) >= 11 is 0. The zero-order valence-corrected chi connectivity index (χ0v) is 8.46. The van der Waals surface area contributed by atoms with Crippen LogP contribution in [-0.4, -0.2) is 47.7 Å². The maximum absolute atomic E-state index is 11.6. The molecule has 0 spiro atoms. The first-order valence-corrected chi connectivity index (χ1v) is 5.41. The molecule has 0 unspecified atom stereocenters. The molecule has 2 saturated heterocycles. The molecule has 0 aromatic carbocycles. The van der Waals surface area contributed by atoms with Crippen LogP contribution in [0.5, 0.6) is 0 Å². The average Bonchev–Trinajstić information content (AvgIpc) is 2.00. The molecule has 0 bridgehead atoms. The molecule has 2 fully saturated rings. The molecule has 0 aromatic rings. The van der Waals surface area contributed by atoms with Gasteiger partial charge in [0.15, 0.2) is 0 Å². The monoisotopic (exact) mass is 198 g/mol. The van der Waals surface area contributed by atoms with Gasteiger partial charge in [-0.05, 0) is 32.4 Å². The standard InChI is InChI=1S/C10H18N2O2/c13-9(12-6-1-7-12)8-10(14)2-4-11-5-3-10/h11,14H,1-8H2. The minimum Gasteiger partial charge on any atom is -0.389 e. The van der Waals surface area contributed by atoms with E-state index in [-0.39, 0.29) is 5.91 Å². The first kappa shape index (κ1) is 9.93. The minimum atomic E-state index is -0.738. The van der Waals surface area contributed by atoms with Crippen molar-refractivity contribution in [2.75, 3.05) is 26.2 Å². The van der Waals surface area contributed by atoms with Crippen LogP contribution in [0.3, 0.4) is 0 Å². The third-order valence-corrected chi connectivity index (χ3v) is 3.22. The first-order valence-electron chi connectivity index (χ1n) is 5.41. The Bertz CT molecular complexity index is 220. The molecule has 2 heterocycles. The highest BCUT2D eigenvalue weighted by molar-refractivity contribution is 5.78. The zero-order valence-electron chi connectivity index (χ0n) is 8.46. The summed E-state index contributed by atoms with van der Waals surface area (Å²) < 4.78 is 0. The molecule has 1 amide bonds. The molecule has 2 N–H and O–H groups in total. The van der Waals surface area contributed by atoms with Gasteiger partial charge >= 0.3 is 0 Å². The Balaban J connectivity index is 1.84. The smallest absolute Gasteiger partial charge is 0.225 e. The first-order chi connectivity index (χ1) is 6.70. The number of carbonyl (C=O) groups is 1. The highest BCUT2D eigenvalue weighted by Crippen LogP contribution is 2.24. The highest BCUT2D eigenvalue weighted by Gasteiger charge is 2.34. The van der Waals surface area contributed by atoms with Crippen molar-refractivity contribution in [3.05, 3.63) is 0 Å². The van der Waals surface area contributed by atoms with Crippen LogP contribution in [0.15, 0.2) is 0 Å². The summed E-state index contributed by atoms with van der Waals surface area (Å²) in [5.74, 6) is 0.126. The summed E-state index contributed by atoms with van der Waals surface area (Å²) in [6.07, 6.45) is 2.83. The van der Waals surface area contributed by atoms with Crippen molar-refractivity contribution in [1.82, 2.24) is 10.2 Å². The fraction of sp³-hybridized carbons (Fsp3) is 0.900. The van der Waals surface area contributed by atoms with E-state index in [9.17, 15) is 9.90 Å². The predicted molar refractivity (Wildman–Crippen MR) is 52.9 cm³/mol. The minimum absolute atomic E-state index is 0.126. The molecular formula is C10H18N2O2. The van der Waals surface area contributed by atoms with Gasteiger partial charge < -0.3 is 15.3 Å². The molecular weight excluding hydrogens is 180 g/mol. The predicted octanol–water partition coefficient (Wildman–Crippen LogP) is -0.277. The van der Waals surface area contributed by atoms with Gasteiger partial charge in [-0.15, -0.1) is 0 Å². The van der Waals surface area contributed by atoms with E-state index in [4.69, 9.17) is 0 Å². The Kier molecular flexibility index (Phi) is 2.74. The number of aliphatic hydroxyl groups is 1. The highest BCUT2D eigenvalue weighted by atomic mass is 16.3. The van der Waals surface area contributed by atoms with E-state index in [2.05, 4.69) is 5.32 Å². The lowest BCUT2D eigenvalue weighted by Crippen LogP contribution is -2.49. The molecule has 0 aromatic heterocycles. The number of nitrogens with zero attached hydrogens (tertiary/aromatic N) is 1. The van der Waals surface area contributed by atoms with Crippen LogP contribution in [0.1, 0.15) is 25.7 Å². The van der Waals surface area contributed by atoms with E-state index in [0.717, 1.165) is 32.6 Å². The van der Waals surface area contributed by atoms with Crippen molar-refractivity contribution >= 4 is 5.91 Å². The normalized spacial score (nSPS) is 25.6. The van der Waals surface area contributed by atoms with Gasteiger partial charge in [0, 0.05) is 13.1 Å². The number of nitrogens with one attached hydrogen (secondary N) is 1. The number of amides is 1. The summed E-state index contributed by atoms with van der Waals surface area (Å²) in [4.78, 5) is 13.5. The lowest BCUT2D eigenvalue weighted by Gasteiger charge is -2.37. The summed E-state index contributed by atoms with van der Waals surface area (Å²) in [5.41, 5.74) is -0.738. The van der Waals surface area contributed by atoms with Crippen molar-refractivity contribution < 1.29 is 9.90 Å². The molecule has 0 radical (unpaired) electrons. The largest absolute Gasteiger partial charge is 0.389 e. The second-order valence-electron chi connectivity index (χ2n) is 4.39. The van der Waals surface area contributed by atoms with Gasteiger partial charge in [0.25, 0.3) is 0 Å². The zero-order chi connectivity index (χ0) is 10.0. The van der Waals surface area contributed by atoms with E-state index < -0.39 is 5.60 Å². The van der Waals surface area contributed by atoms with E-state index in [1.807, 2.05) is 4.90 Å². The second-order valence-corrected chi connectivity index (χ2v) is 4.39. The summed E-state index contributed by atoms with van der Waals surface area (Å²) in [6.45, 7) is 3.41. The number of carbonyl (C=O) groups excluding carboxylic acids is 1. The Morgan fingerprint density at radius 2 is 2.00 bits per heavy atom. The van der Waals surface area contributed by atoms with Crippen molar-refractivity contribution in [3.8, 4) is 0 Å². The van der Waals surface area contributed by atoms with Crippen molar-refractivity contribution in [3.63, 3.8) is 0 Å². The van der Waals surface area contributed by atoms with Gasteiger partial charge in [-0.3, -0.25) is 4.79 Å². The Morgan fingerprint density at radius 3 is 2.50 bits per heavy atom. The number of likely N-dealkylation sites (tertiary alicyclic amines) is 1. The van der Waals surface area contributed by atoms with E-state index in [0.29, 0.717) is 19.3 Å². The van der Waals surface area contributed by atoms with Gasteiger partial charge in [0.1, 0.15) is 0 Å². The summed E-state index contributed by atoms with van der Waals surface area (Å²) in [5, 5.41) is 13.3. The molecule has 0 saturated carbocycles. The summed E-state index contributed by atoms with van der Waals surface area (Å²) in [7, 11) is 0. The third-order valence-electron chi connectivity index (χ3n) is 3.22. The molecule has 0 aliphatic carbocycles. The number of hydrogen-bond acceptors (Lipinski definition) is 3. The fourth-order valence-corrected chi connectivity index (χ4v) is 2.03. The van der Waals surface area contributed by atoms with Crippen molar-refractivity contribution in [2.45, 2.75) is 31.3 Å². The maximum Gasteiger partial charge on any atom is 0.225 e. The SMILES string of the molecule is O=C(CC1(O)CCNCC1)N1CCC1. The van der Waals surface area contributed by atoms with Crippen molar-refractivity contribution in [1.29, 1.82) is 0 Å². The molecule has 0 atom stereocenters. The van der Waals surface area contributed by atoms with E-state index in [1.165, 1.54) is 0 Å². The topological polar surface area (TPSA) is 52.6 Å². The van der Waals surface area contributed by atoms with Crippen LogP contribution < -0.4 is 5.32 Å². The van der Waals surface area contributed by atoms with Crippen LogP contribution >= 0.6 is 0 Å². The van der Waals surface area contributed by atoms with Gasteiger partial charge in [0.05, 0.1) is 12.0 Å². The van der Waals surface area contributed by atoms with Gasteiger partial charge in [-0.25, -0.2) is 0 Å². The second kappa shape index (κ2) is 3.87.